The molecule has 0 bridgehead atoms. The summed E-state index contributed by atoms with van der Waals surface area (Å²) < 4.78 is 21.9. The number of fused-ring (bicyclic) bond motifs is 1. The third-order valence-corrected chi connectivity index (χ3v) is 5.89. The highest BCUT2D eigenvalue weighted by Gasteiger charge is 2.19. The Morgan fingerprint density at radius 2 is 1.97 bits per heavy atom. The Labute approximate surface area is 189 Å². The van der Waals surface area contributed by atoms with E-state index in [0.29, 0.717) is 19.1 Å². The Bertz CT molecular complexity index is 933. The first-order valence-corrected chi connectivity index (χ1v) is 11.3. The molecule has 1 saturated heterocycles. The maximum Gasteiger partial charge on any atom is 0.258 e. The molecule has 0 saturated carbocycles. The Morgan fingerprint density at radius 1 is 1.16 bits per heavy atom. The lowest BCUT2D eigenvalue weighted by Crippen LogP contribution is -2.34. The number of benzene rings is 2. The van der Waals surface area contributed by atoms with Gasteiger partial charge in [-0.05, 0) is 60.7 Å². The molecule has 1 amide bonds. The van der Waals surface area contributed by atoms with E-state index in [2.05, 4.69) is 23.2 Å². The second kappa shape index (κ2) is 10.7. The smallest absolute Gasteiger partial charge is 0.258 e. The topological polar surface area (TPSA) is 69.3 Å². The van der Waals surface area contributed by atoms with Crippen LogP contribution in [0.25, 0.3) is 11.1 Å². The average molecular weight is 441 g/mol. The van der Waals surface area contributed by atoms with Crippen molar-refractivity contribution >= 4 is 5.91 Å². The summed E-state index contributed by atoms with van der Waals surface area (Å²) in [4.78, 5) is 14.6. The van der Waals surface area contributed by atoms with Crippen molar-refractivity contribution in [2.24, 2.45) is 5.92 Å². The molecule has 0 radical (unpaired) electrons. The fourth-order valence-corrected chi connectivity index (χ4v) is 4.26. The van der Waals surface area contributed by atoms with E-state index in [4.69, 9.17) is 18.9 Å². The summed E-state index contributed by atoms with van der Waals surface area (Å²) in [6, 6.07) is 12.1. The van der Waals surface area contributed by atoms with Gasteiger partial charge in [-0.3, -0.25) is 9.69 Å². The molecule has 2 heterocycles. The van der Waals surface area contributed by atoms with E-state index in [1.54, 1.807) is 7.11 Å². The molecule has 0 aliphatic carbocycles. The van der Waals surface area contributed by atoms with Crippen molar-refractivity contribution in [3.8, 4) is 28.4 Å². The Kier molecular flexibility index (Phi) is 7.50. The predicted octanol–water partition coefficient (Wildman–Crippen LogP) is 3.46. The lowest BCUT2D eigenvalue weighted by atomic mass is 9.98. The number of amides is 1. The number of methoxy groups -OCH3 is 1. The van der Waals surface area contributed by atoms with Crippen LogP contribution in [0.2, 0.25) is 0 Å². The summed E-state index contributed by atoms with van der Waals surface area (Å²) in [5, 5.41) is 2.80. The van der Waals surface area contributed by atoms with Crippen LogP contribution in [0.4, 0.5) is 0 Å². The molecule has 1 N–H and O–H groups in total. The number of piperidine rings is 1. The third kappa shape index (κ3) is 5.72. The number of likely N-dealkylation sites (tertiary alicyclic amines) is 1. The van der Waals surface area contributed by atoms with E-state index < -0.39 is 0 Å². The van der Waals surface area contributed by atoms with Gasteiger partial charge < -0.3 is 24.3 Å². The molecule has 0 aromatic heterocycles. The van der Waals surface area contributed by atoms with Crippen LogP contribution >= 0.6 is 0 Å². The molecule has 2 aliphatic rings. The zero-order valence-corrected chi connectivity index (χ0v) is 18.9. The summed E-state index contributed by atoms with van der Waals surface area (Å²) >= 11 is 0. The van der Waals surface area contributed by atoms with Crippen LogP contribution in [0.5, 0.6) is 17.2 Å². The number of carbonyl (C=O) groups is 1. The van der Waals surface area contributed by atoms with Gasteiger partial charge in [0, 0.05) is 32.3 Å². The van der Waals surface area contributed by atoms with E-state index in [1.807, 2.05) is 30.3 Å². The standard InChI is InChI=1S/C25H32N2O5/c1-18-4-3-10-27(14-18)15-21-12-19(20-6-8-23-24(13-20)32-17-31-23)5-7-22(21)30-16-25(28)26-9-11-29-2/h5-8,12-13,18H,3-4,9-11,14-17H2,1-2H3,(H,26,28)/t18-/m0/s1. The molecule has 7 nitrogen and oxygen atoms in total. The summed E-state index contributed by atoms with van der Waals surface area (Å²) in [5.74, 6) is 2.82. The van der Waals surface area contributed by atoms with Gasteiger partial charge in [0.2, 0.25) is 6.79 Å². The summed E-state index contributed by atoms with van der Waals surface area (Å²) in [5.41, 5.74) is 3.23. The molecule has 0 unspecified atom stereocenters. The molecule has 2 aromatic carbocycles. The maximum atomic E-state index is 12.1. The van der Waals surface area contributed by atoms with Crippen molar-refractivity contribution in [3.63, 3.8) is 0 Å². The molecule has 32 heavy (non-hydrogen) atoms. The lowest BCUT2D eigenvalue weighted by Gasteiger charge is -2.31. The first-order chi connectivity index (χ1) is 15.6. The number of hydrogen-bond donors (Lipinski definition) is 1. The quantitative estimate of drug-likeness (QED) is 0.603. The van der Waals surface area contributed by atoms with Gasteiger partial charge >= 0.3 is 0 Å². The zero-order chi connectivity index (χ0) is 22.3. The van der Waals surface area contributed by atoms with E-state index in [9.17, 15) is 4.79 Å². The molecular weight excluding hydrogens is 408 g/mol. The van der Waals surface area contributed by atoms with Gasteiger partial charge in [0.25, 0.3) is 5.91 Å². The van der Waals surface area contributed by atoms with Gasteiger partial charge in [0.1, 0.15) is 5.75 Å². The minimum atomic E-state index is -0.153. The third-order valence-electron chi connectivity index (χ3n) is 5.89. The van der Waals surface area contributed by atoms with Gasteiger partial charge in [-0.2, -0.15) is 0 Å². The molecule has 1 fully saturated rings. The second-order valence-electron chi connectivity index (χ2n) is 8.50. The van der Waals surface area contributed by atoms with Gasteiger partial charge in [-0.15, -0.1) is 0 Å². The van der Waals surface area contributed by atoms with Gasteiger partial charge in [0.15, 0.2) is 18.1 Å². The van der Waals surface area contributed by atoms with Crippen LogP contribution in [0.1, 0.15) is 25.3 Å². The maximum absolute atomic E-state index is 12.1. The highest BCUT2D eigenvalue weighted by Crippen LogP contribution is 2.37. The molecule has 2 aromatic rings. The van der Waals surface area contributed by atoms with Crippen LogP contribution in [-0.2, 0) is 16.1 Å². The first kappa shape index (κ1) is 22.4. The molecule has 172 valence electrons. The van der Waals surface area contributed by atoms with E-state index in [-0.39, 0.29) is 19.3 Å². The fourth-order valence-electron chi connectivity index (χ4n) is 4.26. The van der Waals surface area contributed by atoms with E-state index >= 15 is 0 Å². The van der Waals surface area contributed by atoms with Crippen LogP contribution < -0.4 is 19.5 Å². The first-order valence-electron chi connectivity index (χ1n) is 11.3. The van der Waals surface area contributed by atoms with Crippen molar-refractivity contribution in [1.82, 2.24) is 10.2 Å². The number of hydrogen-bond acceptors (Lipinski definition) is 6. The Hall–Kier alpha value is -2.77. The lowest BCUT2D eigenvalue weighted by molar-refractivity contribution is -0.123. The van der Waals surface area contributed by atoms with Crippen molar-refractivity contribution in [2.45, 2.75) is 26.3 Å². The van der Waals surface area contributed by atoms with E-state index in [0.717, 1.165) is 53.6 Å². The number of nitrogens with one attached hydrogen (secondary N) is 1. The van der Waals surface area contributed by atoms with Crippen LogP contribution in [0.15, 0.2) is 36.4 Å². The minimum absolute atomic E-state index is 0.0174. The second-order valence-corrected chi connectivity index (χ2v) is 8.50. The predicted molar refractivity (Wildman–Crippen MR) is 122 cm³/mol. The molecule has 4 rings (SSSR count). The van der Waals surface area contributed by atoms with Crippen LogP contribution in [-0.4, -0.2) is 57.6 Å². The molecule has 2 aliphatic heterocycles. The van der Waals surface area contributed by atoms with Crippen molar-refractivity contribution < 1.29 is 23.7 Å². The Morgan fingerprint density at radius 3 is 2.81 bits per heavy atom. The van der Waals surface area contributed by atoms with Gasteiger partial charge in [0.05, 0.1) is 6.61 Å². The zero-order valence-electron chi connectivity index (χ0n) is 18.9. The van der Waals surface area contributed by atoms with E-state index in [1.165, 1.54) is 12.8 Å². The molecular formula is C25H32N2O5. The normalized spacial score (nSPS) is 17.9. The highest BCUT2D eigenvalue weighted by atomic mass is 16.7. The number of rotatable bonds is 9. The number of carbonyl (C=O) groups excluding carboxylic acids is 1. The van der Waals surface area contributed by atoms with Gasteiger partial charge in [-0.25, -0.2) is 0 Å². The van der Waals surface area contributed by atoms with Crippen molar-refractivity contribution in [2.75, 3.05) is 46.8 Å². The summed E-state index contributed by atoms with van der Waals surface area (Å²) in [7, 11) is 1.61. The summed E-state index contributed by atoms with van der Waals surface area (Å²) in [6.07, 6.45) is 2.49. The van der Waals surface area contributed by atoms with Crippen LogP contribution in [0.3, 0.4) is 0 Å². The van der Waals surface area contributed by atoms with Crippen molar-refractivity contribution in [3.05, 3.63) is 42.0 Å². The molecule has 0 spiro atoms. The highest BCUT2D eigenvalue weighted by molar-refractivity contribution is 5.77. The Balaban J connectivity index is 1.52. The minimum Gasteiger partial charge on any atom is -0.483 e. The average Bonchev–Trinajstić information content (AvgIpc) is 3.26. The van der Waals surface area contributed by atoms with Crippen LogP contribution in [0, 0.1) is 5.92 Å². The van der Waals surface area contributed by atoms with Crippen molar-refractivity contribution in [1.29, 1.82) is 0 Å². The summed E-state index contributed by atoms with van der Waals surface area (Å²) in [6.45, 7) is 6.45. The number of nitrogens with zero attached hydrogens (tertiary/aromatic N) is 1. The SMILES string of the molecule is COCCNC(=O)COc1ccc(-c2ccc3c(c2)OCO3)cc1CN1CCC[C@H](C)C1. The largest absolute Gasteiger partial charge is 0.483 e. The monoisotopic (exact) mass is 440 g/mol. The molecule has 1 atom stereocenters. The fraction of sp³-hybridized carbons (Fsp3) is 0.480. The van der Waals surface area contributed by atoms with Gasteiger partial charge in [-0.1, -0.05) is 19.1 Å². The molecule has 7 heteroatoms. The number of ether oxygens (including phenoxy) is 4.